The predicted molar refractivity (Wildman–Crippen MR) is 106 cm³/mol. The number of benzene rings is 1. The number of nitrogens with one attached hydrogen (secondary N) is 2. The monoisotopic (exact) mass is 403 g/mol. The molecule has 0 aliphatic carbocycles. The van der Waals surface area contributed by atoms with E-state index in [1.165, 1.54) is 24.3 Å². The van der Waals surface area contributed by atoms with Gasteiger partial charge in [-0.2, -0.15) is 0 Å². The molecule has 156 valence electrons. The molecular weight excluding hydrogens is 378 g/mol. The third-order valence-electron chi connectivity index (χ3n) is 3.78. The smallest absolute Gasteiger partial charge is 0.287 e. The highest BCUT2D eigenvalue weighted by Gasteiger charge is 2.16. The number of anilines is 1. The Kier molecular flexibility index (Phi) is 8.08. The molecule has 0 radical (unpaired) electrons. The van der Waals surface area contributed by atoms with Crippen molar-refractivity contribution >= 4 is 23.4 Å². The summed E-state index contributed by atoms with van der Waals surface area (Å²) in [6, 6.07) is 8.13. The van der Waals surface area contributed by atoms with E-state index in [2.05, 4.69) is 10.6 Å². The molecule has 0 aliphatic heterocycles. The summed E-state index contributed by atoms with van der Waals surface area (Å²) in [5.74, 6) is -0.0754. The van der Waals surface area contributed by atoms with Crippen molar-refractivity contribution in [1.82, 2.24) is 10.2 Å². The molecule has 1 aromatic carbocycles. The molecule has 9 heteroatoms. The first-order valence-electron chi connectivity index (χ1n) is 9.19. The lowest BCUT2D eigenvalue weighted by atomic mass is 10.2. The van der Waals surface area contributed by atoms with Gasteiger partial charge in [-0.3, -0.25) is 14.4 Å². The zero-order valence-corrected chi connectivity index (χ0v) is 16.7. The highest BCUT2D eigenvalue weighted by Crippen LogP contribution is 2.30. The van der Waals surface area contributed by atoms with E-state index in [0.717, 1.165) is 0 Å². The number of likely N-dealkylation sites (N-methyl/N-ethyl adjacent to an activating group) is 1. The lowest BCUT2D eigenvalue weighted by Gasteiger charge is -2.17. The molecule has 0 bridgehead atoms. The SMILES string of the molecule is CCOc1ccc(NC(=O)CN(C)C(=O)CNC(=O)c2ccco2)cc1OCC. The van der Waals surface area contributed by atoms with Gasteiger partial charge in [0.1, 0.15) is 0 Å². The van der Waals surface area contributed by atoms with Gasteiger partial charge in [0.15, 0.2) is 17.3 Å². The van der Waals surface area contributed by atoms with Crippen LogP contribution in [0.3, 0.4) is 0 Å². The molecule has 0 saturated heterocycles. The predicted octanol–water partition coefficient (Wildman–Crippen LogP) is 1.90. The molecule has 2 N–H and O–H groups in total. The van der Waals surface area contributed by atoms with Gasteiger partial charge >= 0.3 is 0 Å². The molecule has 0 spiro atoms. The van der Waals surface area contributed by atoms with Gasteiger partial charge in [0, 0.05) is 18.8 Å². The summed E-state index contributed by atoms with van der Waals surface area (Å²) in [5, 5.41) is 5.15. The van der Waals surface area contributed by atoms with E-state index in [1.807, 2.05) is 13.8 Å². The van der Waals surface area contributed by atoms with Crippen molar-refractivity contribution < 1.29 is 28.3 Å². The number of carbonyl (C=O) groups is 3. The highest BCUT2D eigenvalue weighted by molar-refractivity contribution is 5.97. The lowest BCUT2D eigenvalue weighted by Crippen LogP contribution is -2.41. The molecule has 0 saturated carbocycles. The van der Waals surface area contributed by atoms with Crippen LogP contribution in [0, 0.1) is 0 Å². The number of hydrogen-bond acceptors (Lipinski definition) is 6. The molecule has 2 rings (SSSR count). The Balaban J connectivity index is 1.86. The maximum absolute atomic E-state index is 12.3. The summed E-state index contributed by atoms with van der Waals surface area (Å²) in [5.41, 5.74) is 0.522. The van der Waals surface area contributed by atoms with Crippen LogP contribution in [0.25, 0.3) is 0 Å². The van der Waals surface area contributed by atoms with Crippen molar-refractivity contribution in [3.8, 4) is 11.5 Å². The van der Waals surface area contributed by atoms with Crippen LogP contribution in [0.4, 0.5) is 5.69 Å². The summed E-state index contributed by atoms with van der Waals surface area (Å²) < 4.78 is 16.0. The number of carbonyl (C=O) groups excluding carboxylic acids is 3. The molecule has 0 aliphatic rings. The Hall–Kier alpha value is -3.49. The van der Waals surface area contributed by atoms with Gasteiger partial charge in [0.25, 0.3) is 5.91 Å². The Bertz CT molecular complexity index is 835. The fourth-order valence-corrected chi connectivity index (χ4v) is 2.42. The minimum Gasteiger partial charge on any atom is -0.490 e. The summed E-state index contributed by atoms with van der Waals surface area (Å²) >= 11 is 0. The standard InChI is InChI=1S/C20H25N3O6/c1-4-27-15-9-8-14(11-17(15)28-5-2)22-18(24)13-23(3)19(25)12-21-20(26)16-7-6-10-29-16/h6-11H,4-5,12-13H2,1-3H3,(H,21,26)(H,22,24). The first-order chi connectivity index (χ1) is 13.9. The van der Waals surface area contributed by atoms with Gasteiger partial charge in [0.05, 0.1) is 32.6 Å². The quantitative estimate of drug-likeness (QED) is 0.627. The van der Waals surface area contributed by atoms with E-state index in [0.29, 0.717) is 30.4 Å². The average molecular weight is 403 g/mol. The van der Waals surface area contributed by atoms with Crippen molar-refractivity contribution in [2.24, 2.45) is 0 Å². The topological polar surface area (TPSA) is 110 Å². The van der Waals surface area contributed by atoms with Crippen LogP contribution in [-0.2, 0) is 9.59 Å². The molecule has 0 fully saturated rings. The average Bonchev–Trinajstić information content (AvgIpc) is 3.23. The van der Waals surface area contributed by atoms with Gasteiger partial charge in [-0.15, -0.1) is 0 Å². The molecule has 29 heavy (non-hydrogen) atoms. The first-order valence-corrected chi connectivity index (χ1v) is 9.19. The van der Waals surface area contributed by atoms with Crippen LogP contribution in [-0.4, -0.2) is 56.0 Å². The van der Waals surface area contributed by atoms with Crippen LogP contribution in [0.15, 0.2) is 41.0 Å². The zero-order chi connectivity index (χ0) is 21.2. The molecule has 0 atom stereocenters. The second-order valence-corrected chi connectivity index (χ2v) is 5.99. The summed E-state index contributed by atoms with van der Waals surface area (Å²) in [7, 11) is 1.48. The van der Waals surface area contributed by atoms with Crippen LogP contribution < -0.4 is 20.1 Å². The third kappa shape index (κ3) is 6.56. The van der Waals surface area contributed by atoms with Crippen molar-refractivity contribution in [3.63, 3.8) is 0 Å². The second-order valence-electron chi connectivity index (χ2n) is 5.99. The van der Waals surface area contributed by atoms with Crippen LogP contribution in [0.1, 0.15) is 24.4 Å². The Labute approximate surface area is 169 Å². The van der Waals surface area contributed by atoms with E-state index in [-0.39, 0.29) is 24.8 Å². The maximum atomic E-state index is 12.3. The first kappa shape index (κ1) is 21.8. The minimum absolute atomic E-state index is 0.110. The number of amides is 3. The number of nitrogens with zero attached hydrogens (tertiary/aromatic N) is 1. The number of hydrogen-bond donors (Lipinski definition) is 2. The van der Waals surface area contributed by atoms with E-state index in [9.17, 15) is 14.4 Å². The van der Waals surface area contributed by atoms with Gasteiger partial charge in [0.2, 0.25) is 11.8 Å². The normalized spacial score (nSPS) is 10.2. The van der Waals surface area contributed by atoms with Gasteiger partial charge in [-0.05, 0) is 38.1 Å². The van der Waals surface area contributed by atoms with Crippen LogP contribution in [0.5, 0.6) is 11.5 Å². The van der Waals surface area contributed by atoms with Crippen molar-refractivity contribution in [1.29, 1.82) is 0 Å². The Morgan fingerprint density at radius 1 is 1.07 bits per heavy atom. The highest BCUT2D eigenvalue weighted by atomic mass is 16.5. The zero-order valence-electron chi connectivity index (χ0n) is 16.7. The van der Waals surface area contributed by atoms with E-state index < -0.39 is 11.8 Å². The van der Waals surface area contributed by atoms with Crippen LogP contribution >= 0.6 is 0 Å². The fraction of sp³-hybridized carbons (Fsp3) is 0.350. The van der Waals surface area contributed by atoms with Gasteiger partial charge in [-0.1, -0.05) is 0 Å². The maximum Gasteiger partial charge on any atom is 0.287 e. The van der Waals surface area contributed by atoms with Gasteiger partial charge < -0.3 is 29.4 Å². The molecule has 0 unspecified atom stereocenters. The summed E-state index contributed by atoms with van der Waals surface area (Å²) in [4.78, 5) is 37.4. The van der Waals surface area contributed by atoms with E-state index >= 15 is 0 Å². The molecule has 1 heterocycles. The molecule has 3 amide bonds. The lowest BCUT2D eigenvalue weighted by molar-refractivity contribution is -0.132. The third-order valence-corrected chi connectivity index (χ3v) is 3.78. The minimum atomic E-state index is -0.501. The largest absolute Gasteiger partial charge is 0.490 e. The summed E-state index contributed by atoms with van der Waals surface area (Å²) in [6.07, 6.45) is 1.37. The Morgan fingerprint density at radius 3 is 2.45 bits per heavy atom. The fourth-order valence-electron chi connectivity index (χ4n) is 2.42. The van der Waals surface area contributed by atoms with Crippen molar-refractivity contribution in [3.05, 3.63) is 42.4 Å². The van der Waals surface area contributed by atoms with E-state index in [4.69, 9.17) is 13.9 Å². The van der Waals surface area contributed by atoms with E-state index in [1.54, 1.807) is 24.3 Å². The number of furan rings is 1. The molecule has 1 aromatic heterocycles. The van der Waals surface area contributed by atoms with Crippen molar-refractivity contribution in [2.45, 2.75) is 13.8 Å². The molecule has 2 aromatic rings. The Morgan fingerprint density at radius 2 is 1.79 bits per heavy atom. The number of rotatable bonds is 10. The van der Waals surface area contributed by atoms with Crippen LogP contribution in [0.2, 0.25) is 0 Å². The number of ether oxygens (including phenoxy) is 2. The van der Waals surface area contributed by atoms with Gasteiger partial charge in [-0.25, -0.2) is 0 Å². The van der Waals surface area contributed by atoms with Crippen molar-refractivity contribution in [2.75, 3.05) is 38.7 Å². The summed E-state index contributed by atoms with van der Waals surface area (Å²) in [6.45, 7) is 4.25. The molecular formula is C20H25N3O6. The second kappa shape index (κ2) is 10.7. The molecule has 9 nitrogen and oxygen atoms in total.